The Labute approximate surface area is 135 Å². The summed E-state index contributed by atoms with van der Waals surface area (Å²) < 4.78 is 41.9. The van der Waals surface area contributed by atoms with Gasteiger partial charge in [-0.15, -0.1) is 0 Å². The third-order valence-electron chi connectivity index (χ3n) is 2.80. The van der Waals surface area contributed by atoms with E-state index in [-0.39, 0.29) is 11.5 Å². The van der Waals surface area contributed by atoms with Gasteiger partial charge < -0.3 is 4.74 Å². The van der Waals surface area contributed by atoms with Gasteiger partial charge in [-0.05, 0) is 24.3 Å². The number of halogens is 2. The second-order valence-electron chi connectivity index (χ2n) is 4.35. The van der Waals surface area contributed by atoms with Gasteiger partial charge in [0.1, 0.15) is 12.4 Å². The zero-order valence-electron chi connectivity index (χ0n) is 11.1. The van der Waals surface area contributed by atoms with Gasteiger partial charge in [0.05, 0.1) is 10.5 Å². The largest absolute Gasteiger partial charge is 0.457 e. The van der Waals surface area contributed by atoms with Crippen LogP contribution in [-0.4, -0.2) is 14.4 Å². The van der Waals surface area contributed by atoms with Gasteiger partial charge in [-0.2, -0.15) is 0 Å². The maximum atomic E-state index is 13.7. The number of carbonyl (C=O) groups is 1. The number of ether oxygens (including phenoxy) is 1. The monoisotopic (exact) mass is 387 g/mol. The summed E-state index contributed by atoms with van der Waals surface area (Å²) in [7, 11) is -4.03. The summed E-state index contributed by atoms with van der Waals surface area (Å²) in [6.07, 6.45) is 0. The maximum Gasteiger partial charge on any atom is 0.341 e. The highest BCUT2D eigenvalue weighted by Crippen LogP contribution is 2.19. The van der Waals surface area contributed by atoms with E-state index in [4.69, 9.17) is 9.88 Å². The highest BCUT2D eigenvalue weighted by Gasteiger charge is 2.18. The second-order valence-corrected chi connectivity index (χ2v) is 6.77. The van der Waals surface area contributed by atoms with Crippen molar-refractivity contribution in [2.75, 3.05) is 0 Å². The first-order chi connectivity index (χ1) is 10.3. The van der Waals surface area contributed by atoms with Gasteiger partial charge in [0.25, 0.3) is 0 Å². The molecular weight excluding hydrogens is 377 g/mol. The van der Waals surface area contributed by atoms with Crippen LogP contribution in [-0.2, 0) is 21.4 Å². The molecule has 0 aliphatic heterocycles. The van der Waals surface area contributed by atoms with Crippen molar-refractivity contribution in [1.29, 1.82) is 0 Å². The highest BCUT2D eigenvalue weighted by atomic mass is 79.9. The number of rotatable bonds is 4. The van der Waals surface area contributed by atoms with Crippen molar-refractivity contribution in [3.8, 4) is 0 Å². The molecule has 0 aliphatic rings. The Morgan fingerprint density at radius 3 is 2.55 bits per heavy atom. The quantitative estimate of drug-likeness (QED) is 0.816. The summed E-state index contributed by atoms with van der Waals surface area (Å²) in [5, 5.41) is 4.95. The van der Waals surface area contributed by atoms with Crippen LogP contribution in [0.2, 0.25) is 0 Å². The molecule has 0 atom stereocenters. The molecule has 0 saturated carbocycles. The van der Waals surface area contributed by atoms with Gasteiger partial charge in [0.15, 0.2) is 0 Å². The number of carbonyl (C=O) groups excluding carboxylic acids is 1. The molecule has 0 bridgehead atoms. The lowest BCUT2D eigenvalue weighted by molar-refractivity contribution is 0.0466. The minimum absolute atomic E-state index is 0.0840. The number of hydrogen-bond acceptors (Lipinski definition) is 4. The fraction of sp³-hybridized carbons (Fsp3) is 0.0714. The van der Waals surface area contributed by atoms with E-state index in [9.17, 15) is 17.6 Å². The molecule has 0 aliphatic carbocycles. The van der Waals surface area contributed by atoms with Gasteiger partial charge in [0.2, 0.25) is 10.0 Å². The molecular formula is C14H11BrFNO4S. The summed E-state index contributed by atoms with van der Waals surface area (Å²) in [5.74, 6) is -1.86. The fourth-order valence-corrected chi connectivity index (χ4v) is 2.61. The number of sulfonamides is 1. The van der Waals surface area contributed by atoms with Gasteiger partial charge in [-0.3, -0.25) is 0 Å². The summed E-state index contributed by atoms with van der Waals surface area (Å²) in [4.78, 5) is 11.6. The Morgan fingerprint density at radius 2 is 1.91 bits per heavy atom. The topological polar surface area (TPSA) is 86.5 Å². The molecule has 22 heavy (non-hydrogen) atoms. The van der Waals surface area contributed by atoms with Crippen LogP contribution in [0.4, 0.5) is 4.39 Å². The molecule has 2 N–H and O–H groups in total. The predicted molar refractivity (Wildman–Crippen MR) is 81.0 cm³/mol. The molecule has 116 valence electrons. The van der Waals surface area contributed by atoms with E-state index in [1.54, 1.807) is 24.3 Å². The Kier molecular flexibility index (Phi) is 4.94. The molecule has 5 nitrogen and oxygen atoms in total. The fourth-order valence-electron chi connectivity index (χ4n) is 1.67. The molecule has 0 spiro atoms. The summed E-state index contributed by atoms with van der Waals surface area (Å²) in [6.45, 7) is -0.0840. The zero-order chi connectivity index (χ0) is 16.3. The van der Waals surface area contributed by atoms with E-state index in [2.05, 4.69) is 15.9 Å². The summed E-state index contributed by atoms with van der Waals surface area (Å²) in [5.41, 5.74) is 0.206. The normalized spacial score (nSPS) is 11.2. The van der Waals surface area contributed by atoms with Crippen molar-refractivity contribution in [2.24, 2.45) is 5.14 Å². The van der Waals surface area contributed by atoms with E-state index in [1.807, 2.05) is 0 Å². The van der Waals surface area contributed by atoms with E-state index in [0.29, 0.717) is 5.56 Å². The van der Waals surface area contributed by atoms with Crippen LogP contribution in [0.5, 0.6) is 0 Å². The average Bonchev–Trinajstić information content (AvgIpc) is 2.45. The minimum Gasteiger partial charge on any atom is -0.457 e. The van der Waals surface area contributed by atoms with Crippen LogP contribution in [0.25, 0.3) is 0 Å². The molecule has 0 amide bonds. The average molecular weight is 388 g/mol. The Morgan fingerprint density at radius 1 is 1.23 bits per heavy atom. The van der Waals surface area contributed by atoms with Crippen LogP contribution in [0.3, 0.4) is 0 Å². The molecule has 2 rings (SSSR count). The van der Waals surface area contributed by atoms with Crippen molar-refractivity contribution in [3.05, 3.63) is 63.9 Å². The number of nitrogens with two attached hydrogens (primary N) is 1. The summed E-state index contributed by atoms with van der Waals surface area (Å²) in [6, 6.07) is 9.75. The number of hydrogen-bond donors (Lipinski definition) is 1. The molecule has 2 aromatic carbocycles. The summed E-state index contributed by atoms with van der Waals surface area (Å²) >= 11 is 3.29. The lowest BCUT2D eigenvalue weighted by Crippen LogP contribution is -2.14. The highest BCUT2D eigenvalue weighted by molar-refractivity contribution is 9.10. The van der Waals surface area contributed by atoms with Gasteiger partial charge >= 0.3 is 5.97 Å². The lowest BCUT2D eigenvalue weighted by atomic mass is 10.2. The first kappa shape index (κ1) is 16.6. The molecule has 8 heteroatoms. The van der Waals surface area contributed by atoms with Crippen LogP contribution >= 0.6 is 15.9 Å². The number of primary sulfonamides is 1. The van der Waals surface area contributed by atoms with Crippen molar-refractivity contribution in [3.63, 3.8) is 0 Å². The van der Waals surface area contributed by atoms with Gasteiger partial charge in [0, 0.05) is 10.0 Å². The molecule has 0 fully saturated rings. The predicted octanol–water partition coefficient (Wildman–Crippen LogP) is 2.59. The van der Waals surface area contributed by atoms with E-state index in [0.717, 1.165) is 22.7 Å². The smallest absolute Gasteiger partial charge is 0.341 e. The zero-order valence-corrected chi connectivity index (χ0v) is 13.5. The SMILES string of the molecule is NS(=O)(=O)c1ccc(F)c(C(=O)OCc2ccccc2Br)c1. The molecule has 2 aromatic rings. The van der Waals surface area contributed by atoms with Gasteiger partial charge in [-0.1, -0.05) is 34.1 Å². The van der Waals surface area contributed by atoms with Crippen LogP contribution in [0, 0.1) is 5.82 Å². The van der Waals surface area contributed by atoms with Crippen molar-refractivity contribution < 1.29 is 22.3 Å². The molecule has 0 saturated heterocycles. The Hall–Kier alpha value is -1.77. The minimum atomic E-state index is -4.03. The van der Waals surface area contributed by atoms with Gasteiger partial charge in [-0.25, -0.2) is 22.7 Å². The van der Waals surface area contributed by atoms with E-state index < -0.39 is 27.4 Å². The number of esters is 1. The first-order valence-corrected chi connectivity index (χ1v) is 8.36. The van der Waals surface area contributed by atoms with Crippen molar-refractivity contribution in [2.45, 2.75) is 11.5 Å². The maximum absolute atomic E-state index is 13.7. The van der Waals surface area contributed by atoms with Crippen molar-refractivity contribution in [1.82, 2.24) is 0 Å². The van der Waals surface area contributed by atoms with Crippen LogP contribution in [0.15, 0.2) is 51.8 Å². The van der Waals surface area contributed by atoms with Crippen LogP contribution < -0.4 is 5.14 Å². The standard InChI is InChI=1S/C14H11BrFNO4S/c15-12-4-2-1-3-9(12)8-21-14(18)11-7-10(22(17,19)20)5-6-13(11)16/h1-7H,8H2,(H2,17,19,20). The first-order valence-electron chi connectivity index (χ1n) is 6.02. The lowest BCUT2D eigenvalue weighted by Gasteiger charge is -2.08. The van der Waals surface area contributed by atoms with E-state index >= 15 is 0 Å². The van der Waals surface area contributed by atoms with Crippen molar-refractivity contribution >= 4 is 31.9 Å². The Bertz CT molecular complexity index is 823. The molecule has 0 radical (unpaired) electrons. The third kappa shape index (κ3) is 3.90. The molecule has 0 aromatic heterocycles. The Balaban J connectivity index is 2.21. The van der Waals surface area contributed by atoms with E-state index in [1.165, 1.54) is 0 Å². The molecule has 0 unspecified atom stereocenters. The number of benzene rings is 2. The second kappa shape index (κ2) is 6.55. The molecule has 0 heterocycles. The van der Waals surface area contributed by atoms with Crippen LogP contribution in [0.1, 0.15) is 15.9 Å². The third-order valence-corrected chi connectivity index (χ3v) is 4.49.